The van der Waals surface area contributed by atoms with E-state index in [0.717, 1.165) is 27.5 Å². The van der Waals surface area contributed by atoms with Gasteiger partial charge in [-0.1, -0.05) is 48.5 Å². The predicted octanol–water partition coefficient (Wildman–Crippen LogP) is 4.62. The minimum atomic E-state index is -0.132. The van der Waals surface area contributed by atoms with Crippen LogP contribution < -0.4 is 5.32 Å². The molecule has 0 bridgehead atoms. The van der Waals surface area contributed by atoms with Crippen LogP contribution in [0.5, 0.6) is 0 Å². The Morgan fingerprint density at radius 3 is 2.62 bits per heavy atom. The van der Waals surface area contributed by atoms with E-state index in [2.05, 4.69) is 10.3 Å². The third-order valence-electron chi connectivity index (χ3n) is 3.90. The topological polar surface area (TPSA) is 46.4 Å². The first-order chi connectivity index (χ1) is 11.7. The molecule has 2 aromatic carbocycles. The second kappa shape index (κ2) is 5.94. The maximum absolute atomic E-state index is 12.6. The summed E-state index contributed by atoms with van der Waals surface area (Å²) in [6, 6.07) is 17.7. The van der Waals surface area contributed by atoms with Crippen LogP contribution in [0.4, 0.5) is 5.69 Å². The van der Waals surface area contributed by atoms with E-state index in [1.54, 1.807) is 0 Å². The summed E-state index contributed by atoms with van der Waals surface area (Å²) in [5.74, 6) is -0.132. The van der Waals surface area contributed by atoms with E-state index in [0.29, 0.717) is 5.69 Å². The Morgan fingerprint density at radius 1 is 1.08 bits per heavy atom. The Bertz CT molecular complexity index is 1020. The molecule has 0 saturated carbocycles. The molecular weight excluding hydrogens is 318 g/mol. The Balaban J connectivity index is 1.68. The number of thiazole rings is 1. The molecule has 0 unspecified atom stereocenters. The molecule has 0 saturated heterocycles. The largest absolute Gasteiger partial charge is 0.320 e. The van der Waals surface area contributed by atoms with Crippen LogP contribution in [0, 0.1) is 6.92 Å². The molecule has 2 aromatic heterocycles. The highest BCUT2D eigenvalue weighted by atomic mass is 32.1. The van der Waals surface area contributed by atoms with Crippen molar-refractivity contribution in [2.75, 3.05) is 5.32 Å². The Labute approximate surface area is 143 Å². The Hall–Kier alpha value is -2.92. The second-order valence-electron chi connectivity index (χ2n) is 5.53. The highest BCUT2D eigenvalue weighted by molar-refractivity contribution is 7.15. The van der Waals surface area contributed by atoms with Gasteiger partial charge in [0.15, 0.2) is 4.96 Å². The number of carbonyl (C=O) groups is 1. The fourth-order valence-corrected chi connectivity index (χ4v) is 3.45. The molecule has 0 fully saturated rings. The molecule has 0 aliphatic carbocycles. The number of hydrogen-bond acceptors (Lipinski definition) is 3. The molecule has 4 nitrogen and oxygen atoms in total. The number of aromatic nitrogens is 2. The maximum atomic E-state index is 12.6. The summed E-state index contributed by atoms with van der Waals surface area (Å²) < 4.78 is 1.85. The van der Waals surface area contributed by atoms with Crippen molar-refractivity contribution in [3.8, 4) is 11.3 Å². The lowest BCUT2D eigenvalue weighted by Gasteiger charge is -2.07. The van der Waals surface area contributed by atoms with Crippen LogP contribution in [0.1, 0.15) is 16.1 Å². The normalized spacial score (nSPS) is 10.9. The number of rotatable bonds is 3. The van der Waals surface area contributed by atoms with E-state index in [4.69, 9.17) is 0 Å². The summed E-state index contributed by atoms with van der Waals surface area (Å²) in [5.41, 5.74) is 4.36. The lowest BCUT2D eigenvalue weighted by Crippen LogP contribution is -2.14. The number of benzene rings is 2. The van der Waals surface area contributed by atoms with E-state index in [1.165, 1.54) is 11.3 Å². The first-order valence-corrected chi connectivity index (χ1v) is 8.49. The van der Waals surface area contributed by atoms with Gasteiger partial charge >= 0.3 is 0 Å². The smallest absolute Gasteiger partial charge is 0.273 e. The standard InChI is InChI=1S/C19H15N3OS/c1-13-7-5-6-10-15(13)20-18(23)17-12-24-19-21-16(11-22(17)19)14-8-3-2-4-9-14/h2-12H,1H3,(H,20,23). The molecule has 0 spiro atoms. The number of hydrogen-bond donors (Lipinski definition) is 1. The molecule has 0 radical (unpaired) electrons. The average molecular weight is 333 g/mol. The van der Waals surface area contributed by atoms with E-state index in [-0.39, 0.29) is 5.91 Å². The lowest BCUT2D eigenvalue weighted by molar-refractivity contribution is 0.102. The van der Waals surface area contributed by atoms with E-state index >= 15 is 0 Å². The minimum Gasteiger partial charge on any atom is -0.320 e. The van der Waals surface area contributed by atoms with Gasteiger partial charge in [0.25, 0.3) is 5.91 Å². The summed E-state index contributed by atoms with van der Waals surface area (Å²) in [5, 5.41) is 4.81. The number of imidazole rings is 1. The highest BCUT2D eigenvalue weighted by Crippen LogP contribution is 2.24. The van der Waals surface area contributed by atoms with Gasteiger partial charge in [0, 0.05) is 22.8 Å². The van der Waals surface area contributed by atoms with Crippen molar-refractivity contribution in [1.82, 2.24) is 9.38 Å². The first-order valence-electron chi connectivity index (χ1n) is 7.61. The van der Waals surface area contributed by atoms with Crippen molar-refractivity contribution in [1.29, 1.82) is 0 Å². The third kappa shape index (κ3) is 2.59. The van der Waals surface area contributed by atoms with Crippen LogP contribution in [0.2, 0.25) is 0 Å². The Kier molecular flexibility index (Phi) is 3.63. The second-order valence-corrected chi connectivity index (χ2v) is 6.37. The average Bonchev–Trinajstić information content (AvgIpc) is 3.18. The molecule has 24 heavy (non-hydrogen) atoms. The van der Waals surface area contributed by atoms with Crippen molar-refractivity contribution >= 4 is 27.9 Å². The number of aryl methyl sites for hydroxylation is 1. The minimum absolute atomic E-state index is 0.132. The zero-order valence-corrected chi connectivity index (χ0v) is 13.9. The third-order valence-corrected chi connectivity index (χ3v) is 4.74. The van der Waals surface area contributed by atoms with Crippen molar-refractivity contribution in [3.63, 3.8) is 0 Å². The molecule has 118 valence electrons. The van der Waals surface area contributed by atoms with E-state index in [1.807, 2.05) is 77.5 Å². The van der Waals surface area contributed by atoms with Gasteiger partial charge in [0.1, 0.15) is 5.69 Å². The summed E-state index contributed by atoms with van der Waals surface area (Å²) in [6.45, 7) is 1.98. The molecule has 1 amide bonds. The van der Waals surface area contributed by atoms with Crippen LogP contribution >= 0.6 is 11.3 Å². The SMILES string of the molecule is Cc1ccccc1NC(=O)c1csc2nc(-c3ccccc3)cn12. The van der Waals surface area contributed by atoms with Gasteiger partial charge in [-0.2, -0.15) is 0 Å². The number of carbonyl (C=O) groups excluding carboxylic acids is 1. The molecule has 4 aromatic rings. The summed E-state index contributed by atoms with van der Waals surface area (Å²) in [7, 11) is 0. The number of para-hydroxylation sites is 1. The monoisotopic (exact) mass is 333 g/mol. The van der Waals surface area contributed by atoms with Crippen molar-refractivity contribution < 1.29 is 4.79 Å². The van der Waals surface area contributed by atoms with Crippen molar-refractivity contribution in [2.45, 2.75) is 6.92 Å². The van der Waals surface area contributed by atoms with Crippen LogP contribution in [-0.2, 0) is 0 Å². The van der Waals surface area contributed by atoms with Crippen molar-refractivity contribution in [2.24, 2.45) is 0 Å². The fourth-order valence-electron chi connectivity index (χ4n) is 2.59. The zero-order valence-electron chi connectivity index (χ0n) is 13.1. The first kappa shape index (κ1) is 14.7. The fraction of sp³-hybridized carbons (Fsp3) is 0.0526. The quantitative estimate of drug-likeness (QED) is 0.594. The summed E-state index contributed by atoms with van der Waals surface area (Å²) in [4.78, 5) is 18.1. The molecule has 0 atom stereocenters. The van der Waals surface area contributed by atoms with Gasteiger partial charge in [-0.3, -0.25) is 9.20 Å². The maximum Gasteiger partial charge on any atom is 0.273 e. The number of nitrogens with zero attached hydrogens (tertiary/aromatic N) is 2. The van der Waals surface area contributed by atoms with Crippen molar-refractivity contribution in [3.05, 3.63) is 77.4 Å². The van der Waals surface area contributed by atoms with Gasteiger partial charge < -0.3 is 5.32 Å². The summed E-state index contributed by atoms with van der Waals surface area (Å²) in [6.07, 6.45) is 1.91. The number of amides is 1. The number of fused-ring (bicyclic) bond motifs is 1. The molecule has 1 N–H and O–H groups in total. The van der Waals surface area contributed by atoms with Crippen LogP contribution in [0.15, 0.2) is 66.2 Å². The Morgan fingerprint density at radius 2 is 1.83 bits per heavy atom. The molecule has 2 heterocycles. The van der Waals surface area contributed by atoms with E-state index < -0.39 is 0 Å². The van der Waals surface area contributed by atoms with Gasteiger partial charge in [-0.25, -0.2) is 4.98 Å². The van der Waals surface area contributed by atoms with Gasteiger partial charge in [0.05, 0.1) is 5.69 Å². The van der Waals surface area contributed by atoms with Crippen LogP contribution in [0.3, 0.4) is 0 Å². The molecular formula is C19H15N3OS. The molecule has 0 aliphatic heterocycles. The summed E-state index contributed by atoms with van der Waals surface area (Å²) >= 11 is 1.46. The van der Waals surface area contributed by atoms with Gasteiger partial charge in [-0.15, -0.1) is 11.3 Å². The predicted molar refractivity (Wildman–Crippen MR) is 97.6 cm³/mol. The molecule has 5 heteroatoms. The number of anilines is 1. The number of nitrogens with one attached hydrogen (secondary N) is 1. The van der Waals surface area contributed by atoms with Gasteiger partial charge in [0.2, 0.25) is 0 Å². The molecule has 4 rings (SSSR count). The van der Waals surface area contributed by atoms with Crippen LogP contribution in [-0.4, -0.2) is 15.3 Å². The molecule has 0 aliphatic rings. The lowest BCUT2D eigenvalue weighted by atomic mass is 10.2. The zero-order chi connectivity index (χ0) is 16.5. The van der Waals surface area contributed by atoms with Crippen LogP contribution in [0.25, 0.3) is 16.2 Å². The van der Waals surface area contributed by atoms with Gasteiger partial charge in [-0.05, 0) is 18.6 Å². The highest BCUT2D eigenvalue weighted by Gasteiger charge is 2.15. The van der Waals surface area contributed by atoms with E-state index in [9.17, 15) is 4.79 Å².